The molecule has 0 aromatic rings. The second kappa shape index (κ2) is 5.59. The molecule has 0 aliphatic heterocycles. The van der Waals surface area contributed by atoms with E-state index in [1.807, 2.05) is 13.8 Å². The molecule has 2 fully saturated rings. The molecule has 2 rings (SSSR count). The summed E-state index contributed by atoms with van der Waals surface area (Å²) in [5.74, 6) is -1.89. The van der Waals surface area contributed by atoms with E-state index in [0.29, 0.717) is 6.54 Å². The molecule has 0 radical (unpaired) electrons. The van der Waals surface area contributed by atoms with Crippen molar-refractivity contribution in [1.82, 2.24) is 10.2 Å². The largest absolute Gasteiger partial charge is 0.481 e. The van der Waals surface area contributed by atoms with E-state index < -0.39 is 23.2 Å². The van der Waals surface area contributed by atoms with Crippen LogP contribution >= 0.6 is 0 Å². The molecule has 0 saturated heterocycles. The molecule has 0 unspecified atom stereocenters. The summed E-state index contributed by atoms with van der Waals surface area (Å²) in [5, 5.41) is 12.2. The maximum atomic E-state index is 12.4. The highest BCUT2D eigenvalue weighted by Crippen LogP contribution is 2.58. The Hall–Kier alpha value is -1.10. The molecule has 0 bridgehead atoms. The van der Waals surface area contributed by atoms with Crippen LogP contribution in [0.5, 0.6) is 0 Å². The number of amides is 1. The van der Waals surface area contributed by atoms with Crippen LogP contribution in [-0.2, 0) is 9.59 Å². The van der Waals surface area contributed by atoms with E-state index in [1.165, 1.54) is 19.3 Å². The third-order valence-electron chi connectivity index (χ3n) is 5.70. The zero-order valence-corrected chi connectivity index (χ0v) is 13.6. The average Bonchev–Trinajstić information content (AvgIpc) is 3.00. The number of carbonyl (C=O) groups is 2. The molecule has 120 valence electrons. The molecule has 0 aromatic carbocycles. The summed E-state index contributed by atoms with van der Waals surface area (Å²) in [4.78, 5) is 25.8. The third-order valence-corrected chi connectivity index (χ3v) is 5.70. The van der Waals surface area contributed by atoms with Gasteiger partial charge in [-0.2, -0.15) is 0 Å². The number of rotatable bonds is 5. The molecule has 1 amide bonds. The topological polar surface area (TPSA) is 69.6 Å². The van der Waals surface area contributed by atoms with Gasteiger partial charge >= 0.3 is 5.97 Å². The Morgan fingerprint density at radius 1 is 1.14 bits per heavy atom. The zero-order chi connectivity index (χ0) is 15.8. The Balaban J connectivity index is 1.96. The van der Waals surface area contributed by atoms with Gasteiger partial charge in [-0.05, 0) is 32.4 Å². The molecule has 2 saturated carbocycles. The number of hydrogen-bond acceptors (Lipinski definition) is 3. The van der Waals surface area contributed by atoms with Crippen LogP contribution in [0.15, 0.2) is 0 Å². The van der Waals surface area contributed by atoms with Crippen molar-refractivity contribution in [3.8, 4) is 0 Å². The van der Waals surface area contributed by atoms with Crippen molar-refractivity contribution in [3.63, 3.8) is 0 Å². The number of carbonyl (C=O) groups excluding carboxylic acids is 1. The molecule has 0 heterocycles. The Kier molecular flexibility index (Phi) is 4.34. The zero-order valence-electron chi connectivity index (χ0n) is 13.6. The number of nitrogens with zero attached hydrogens (tertiary/aromatic N) is 1. The Labute approximate surface area is 127 Å². The highest BCUT2D eigenvalue weighted by molar-refractivity contribution is 5.91. The summed E-state index contributed by atoms with van der Waals surface area (Å²) < 4.78 is 0. The predicted molar refractivity (Wildman–Crippen MR) is 80.9 cm³/mol. The number of carboxylic acids is 1. The van der Waals surface area contributed by atoms with Crippen LogP contribution in [0.2, 0.25) is 0 Å². The Morgan fingerprint density at radius 3 is 2.14 bits per heavy atom. The van der Waals surface area contributed by atoms with Crippen LogP contribution in [-0.4, -0.2) is 48.1 Å². The van der Waals surface area contributed by atoms with Crippen molar-refractivity contribution < 1.29 is 14.7 Å². The molecular formula is C16H28N2O3. The summed E-state index contributed by atoms with van der Waals surface area (Å²) in [6.45, 7) is 4.34. The lowest BCUT2D eigenvalue weighted by atomic mass is 9.80. The van der Waals surface area contributed by atoms with Gasteiger partial charge in [-0.1, -0.05) is 33.1 Å². The fourth-order valence-corrected chi connectivity index (χ4v) is 3.94. The number of carboxylic acid groups (broad SMARTS) is 1. The summed E-state index contributed by atoms with van der Waals surface area (Å²) in [6.07, 6.45) is 5.84. The van der Waals surface area contributed by atoms with Gasteiger partial charge in [0.25, 0.3) is 0 Å². The van der Waals surface area contributed by atoms with Crippen molar-refractivity contribution >= 4 is 11.9 Å². The average molecular weight is 296 g/mol. The van der Waals surface area contributed by atoms with Crippen molar-refractivity contribution in [2.75, 3.05) is 20.6 Å². The smallest absolute Gasteiger partial charge is 0.307 e. The summed E-state index contributed by atoms with van der Waals surface area (Å²) in [5.41, 5.74) is -0.389. The van der Waals surface area contributed by atoms with Gasteiger partial charge in [-0.3, -0.25) is 9.59 Å². The van der Waals surface area contributed by atoms with E-state index >= 15 is 0 Å². The normalized spacial score (nSPS) is 30.0. The standard InChI is InChI=1S/C16H28N2O3/c1-15(2)11(12(15)14(20)21)13(19)17-10-16(18(3)4)8-6-5-7-9-16/h11-12H,5-10H2,1-4H3,(H,17,19)(H,20,21)/t11-,12+/m1/s1. The van der Waals surface area contributed by atoms with Gasteiger partial charge in [-0.15, -0.1) is 0 Å². The van der Waals surface area contributed by atoms with E-state index in [0.717, 1.165) is 12.8 Å². The molecular weight excluding hydrogens is 268 g/mol. The summed E-state index contributed by atoms with van der Waals surface area (Å²) in [6, 6.07) is 0. The second-order valence-electron chi connectivity index (χ2n) is 7.51. The Morgan fingerprint density at radius 2 is 1.71 bits per heavy atom. The molecule has 21 heavy (non-hydrogen) atoms. The predicted octanol–water partition coefficient (Wildman–Crippen LogP) is 1.72. The van der Waals surface area contributed by atoms with Crippen LogP contribution in [0.1, 0.15) is 46.0 Å². The van der Waals surface area contributed by atoms with Crippen LogP contribution in [0, 0.1) is 17.3 Å². The number of likely N-dealkylation sites (N-methyl/N-ethyl adjacent to an activating group) is 1. The molecule has 2 aliphatic carbocycles. The summed E-state index contributed by atoms with van der Waals surface area (Å²) in [7, 11) is 4.14. The number of hydrogen-bond donors (Lipinski definition) is 2. The van der Waals surface area contributed by atoms with Gasteiger partial charge in [0, 0.05) is 12.1 Å². The fraction of sp³-hybridized carbons (Fsp3) is 0.875. The minimum Gasteiger partial charge on any atom is -0.481 e. The SMILES string of the molecule is CN(C)C1(CNC(=O)[C@H]2[C@@H](C(=O)O)C2(C)C)CCCCC1. The monoisotopic (exact) mass is 296 g/mol. The fourth-order valence-electron chi connectivity index (χ4n) is 3.94. The maximum absolute atomic E-state index is 12.4. The first kappa shape index (κ1) is 16.3. The van der Waals surface area contributed by atoms with Gasteiger partial charge in [0.15, 0.2) is 0 Å². The highest BCUT2D eigenvalue weighted by Gasteiger charge is 2.65. The molecule has 2 atom stereocenters. The van der Waals surface area contributed by atoms with E-state index in [-0.39, 0.29) is 11.4 Å². The molecule has 0 spiro atoms. The van der Waals surface area contributed by atoms with Crippen LogP contribution in [0.3, 0.4) is 0 Å². The first-order valence-electron chi connectivity index (χ1n) is 7.90. The van der Waals surface area contributed by atoms with Gasteiger partial charge in [0.1, 0.15) is 0 Å². The first-order valence-corrected chi connectivity index (χ1v) is 7.90. The lowest BCUT2D eigenvalue weighted by Gasteiger charge is -2.43. The molecule has 0 aromatic heterocycles. The van der Waals surface area contributed by atoms with E-state index in [1.54, 1.807) is 0 Å². The van der Waals surface area contributed by atoms with Gasteiger partial charge in [0.2, 0.25) is 5.91 Å². The van der Waals surface area contributed by atoms with E-state index in [4.69, 9.17) is 0 Å². The van der Waals surface area contributed by atoms with E-state index in [2.05, 4.69) is 24.3 Å². The second-order valence-corrected chi connectivity index (χ2v) is 7.51. The van der Waals surface area contributed by atoms with Gasteiger partial charge < -0.3 is 15.3 Å². The van der Waals surface area contributed by atoms with Crippen LogP contribution in [0.25, 0.3) is 0 Å². The summed E-state index contributed by atoms with van der Waals surface area (Å²) >= 11 is 0. The van der Waals surface area contributed by atoms with Crippen molar-refractivity contribution in [2.24, 2.45) is 17.3 Å². The first-order chi connectivity index (χ1) is 9.72. The highest BCUT2D eigenvalue weighted by atomic mass is 16.4. The Bertz CT molecular complexity index is 425. The van der Waals surface area contributed by atoms with Crippen molar-refractivity contribution in [2.45, 2.75) is 51.5 Å². The molecule has 5 heteroatoms. The number of nitrogens with one attached hydrogen (secondary N) is 1. The lowest BCUT2D eigenvalue weighted by molar-refractivity contribution is -0.140. The van der Waals surface area contributed by atoms with Crippen LogP contribution in [0.4, 0.5) is 0 Å². The van der Waals surface area contributed by atoms with Gasteiger partial charge in [-0.25, -0.2) is 0 Å². The van der Waals surface area contributed by atoms with Crippen LogP contribution < -0.4 is 5.32 Å². The van der Waals surface area contributed by atoms with Crippen molar-refractivity contribution in [1.29, 1.82) is 0 Å². The third kappa shape index (κ3) is 2.93. The van der Waals surface area contributed by atoms with Crippen molar-refractivity contribution in [3.05, 3.63) is 0 Å². The molecule has 2 aliphatic rings. The quantitative estimate of drug-likeness (QED) is 0.810. The number of aliphatic carboxylic acids is 1. The van der Waals surface area contributed by atoms with E-state index in [9.17, 15) is 14.7 Å². The minimum atomic E-state index is -0.861. The van der Waals surface area contributed by atoms with Gasteiger partial charge in [0.05, 0.1) is 11.8 Å². The molecule has 5 nitrogen and oxygen atoms in total. The lowest BCUT2D eigenvalue weighted by Crippen LogP contribution is -2.54. The molecule has 2 N–H and O–H groups in total. The maximum Gasteiger partial charge on any atom is 0.307 e. The minimum absolute atomic E-state index is 0.0334.